The van der Waals surface area contributed by atoms with E-state index in [1.165, 1.54) is 0 Å². The van der Waals surface area contributed by atoms with Gasteiger partial charge in [0.1, 0.15) is 11.4 Å². The number of guanidine groups is 1. The van der Waals surface area contributed by atoms with Crippen molar-refractivity contribution in [1.82, 2.24) is 9.88 Å². The fraction of sp³-hybridized carbons (Fsp3) is 0.444. The number of amides is 2. The molecule has 344 valence electrons. The first-order valence-corrected chi connectivity index (χ1v) is 23.7. The van der Waals surface area contributed by atoms with Crippen LogP contribution in [0.5, 0.6) is 0 Å². The van der Waals surface area contributed by atoms with E-state index in [1.807, 2.05) is 79.9 Å². The highest BCUT2D eigenvalue weighted by atomic mass is 33.1. The van der Waals surface area contributed by atoms with Crippen molar-refractivity contribution in [1.29, 1.82) is 0 Å². The molecule has 0 bridgehead atoms. The third-order valence-electron chi connectivity index (χ3n) is 7.58. The Kier molecular flexibility index (Phi) is 26.1. The molecule has 1 aromatic heterocycles. The van der Waals surface area contributed by atoms with Crippen molar-refractivity contribution in [3.05, 3.63) is 61.6 Å². The number of rotatable bonds is 21. The quantitative estimate of drug-likeness (QED) is 0.0225. The summed E-state index contributed by atoms with van der Waals surface area (Å²) in [6.07, 6.45) is 6.23. The Morgan fingerprint density at radius 1 is 0.806 bits per heavy atom. The molecule has 0 aliphatic heterocycles. The number of nitrogens with zero attached hydrogens (tertiary/aromatic N) is 7. The van der Waals surface area contributed by atoms with Gasteiger partial charge in [-0.3, -0.25) is 31.6 Å². The van der Waals surface area contributed by atoms with Crippen LogP contribution in [0.4, 0.5) is 40.1 Å². The molecule has 0 aliphatic rings. The van der Waals surface area contributed by atoms with Crippen LogP contribution < -0.4 is 31.2 Å². The molecule has 0 aliphatic carbocycles. The maximum Gasteiger partial charge on any atom is 0.421 e. The van der Waals surface area contributed by atoms with Gasteiger partial charge in [0.05, 0.1) is 86.6 Å². The molecular weight excluding hydrogens is 889 g/mol. The molecule has 0 radical (unpaired) electrons. The van der Waals surface area contributed by atoms with E-state index in [9.17, 15) is 26.4 Å². The van der Waals surface area contributed by atoms with Gasteiger partial charge < -0.3 is 21.3 Å². The average Bonchev–Trinajstić information content (AvgIpc) is 3.60. The number of carbonyl (C=O) groups excluding carboxylic acids is 2. The first-order valence-electron chi connectivity index (χ1n) is 18.5. The van der Waals surface area contributed by atoms with Gasteiger partial charge in [0, 0.05) is 59.0 Å². The Hall–Kier alpha value is -4.96. The second-order valence-corrected chi connectivity index (χ2v) is 17.5. The molecule has 0 atom stereocenters. The molecule has 0 saturated heterocycles. The predicted molar refractivity (Wildman–Crippen MR) is 244 cm³/mol. The van der Waals surface area contributed by atoms with E-state index < -0.39 is 20.8 Å². The highest BCUT2D eigenvalue weighted by Crippen LogP contribution is 2.32. The minimum absolute atomic E-state index is 0.0637. The minimum Gasteiger partial charge on any atom is -0.382 e. The number of anilines is 4. The topological polar surface area (TPSA) is 261 Å². The molecule has 22 nitrogen and oxygen atoms in total. The van der Waals surface area contributed by atoms with Gasteiger partial charge in [-0.2, -0.15) is 16.8 Å². The maximum absolute atomic E-state index is 12.0. The normalized spacial score (nSPS) is 11.8. The monoisotopic (exact) mass is 946 g/mol. The number of aryl methyl sites for hydroxylation is 2. The van der Waals surface area contributed by atoms with Gasteiger partial charge in [-0.25, -0.2) is 13.7 Å². The Morgan fingerprint density at radius 2 is 1.26 bits per heavy atom. The standard InChI is InChI=1S/C32H44N12O2S2.2C2H6O4S/c1-8-29(45)36-23-11-13-25(27(21-23)38-40-31(33-4)42(5)10-3)34-15-19-47-48-20-16-35-26-14-12-24(37-30(46)9-2)22-28(26)39-41-32-43(6)17-18-44(32)7;2*1-5-7(3,4)6-2/h10-14,17-18,21-22H,3,8-9,15-16,19-20H2,1-2,4-7H3,(H3,33,34,35,36,37,38,39,40,45,46);2*1-2H3/p+2. The second-order valence-electron chi connectivity index (χ2n) is 11.8. The van der Waals surface area contributed by atoms with Gasteiger partial charge >= 0.3 is 32.7 Å². The zero-order valence-corrected chi connectivity index (χ0v) is 39.8. The smallest absolute Gasteiger partial charge is 0.382 e. The number of imidazole rings is 1. The molecular formula is C36H58N12O10S4+2. The van der Waals surface area contributed by atoms with Gasteiger partial charge in [-0.15, -0.1) is 0 Å². The van der Waals surface area contributed by atoms with Gasteiger partial charge in [0.2, 0.25) is 11.8 Å². The van der Waals surface area contributed by atoms with Crippen LogP contribution in [0.15, 0.2) is 82.0 Å². The summed E-state index contributed by atoms with van der Waals surface area (Å²) in [6, 6.07) is 11.1. The first kappa shape index (κ1) is 55.1. The Balaban J connectivity index is 0.00000117. The number of nitrogens with one attached hydrogen (secondary N) is 5. The number of carbonyl (C=O) groups is 2. The summed E-state index contributed by atoms with van der Waals surface area (Å²) < 4.78 is 60.5. The van der Waals surface area contributed by atoms with Gasteiger partial charge in [0.15, 0.2) is 0 Å². The van der Waals surface area contributed by atoms with E-state index in [-0.39, 0.29) is 11.8 Å². The molecule has 5 N–H and O–H groups in total. The van der Waals surface area contributed by atoms with E-state index in [2.05, 4.69) is 70.4 Å². The SMILES string of the molecule is C=C[N+](C)=C(N=Nc1cc(NC(=O)CC)ccc1NCCSSCCNc1ccc(NC(=O)CC)cc1N=Nc1n(C)cc[n+]1C)NC.COS(=O)(=O)OC.COS(=O)(=O)OC. The van der Waals surface area contributed by atoms with Crippen LogP contribution in [0.2, 0.25) is 0 Å². The maximum atomic E-state index is 12.0. The number of benzene rings is 2. The molecule has 26 heteroatoms. The van der Waals surface area contributed by atoms with E-state index >= 15 is 0 Å². The average molecular weight is 947 g/mol. The third-order valence-corrected chi connectivity index (χ3v) is 11.6. The van der Waals surface area contributed by atoms with Crippen LogP contribution >= 0.6 is 21.6 Å². The summed E-state index contributed by atoms with van der Waals surface area (Å²) in [5.74, 6) is 2.79. The van der Waals surface area contributed by atoms with Gasteiger partial charge in [-0.05, 0) is 36.4 Å². The third kappa shape index (κ3) is 21.2. The van der Waals surface area contributed by atoms with Crippen LogP contribution in [0.1, 0.15) is 26.7 Å². The van der Waals surface area contributed by atoms with Crippen LogP contribution in [0.3, 0.4) is 0 Å². The van der Waals surface area contributed by atoms with E-state index in [4.69, 9.17) is 0 Å². The highest BCUT2D eigenvalue weighted by molar-refractivity contribution is 8.76. The molecule has 0 fully saturated rings. The summed E-state index contributed by atoms with van der Waals surface area (Å²) in [7, 11) is 7.72. The van der Waals surface area contributed by atoms with Crippen molar-refractivity contribution >= 4 is 100 Å². The van der Waals surface area contributed by atoms with E-state index in [0.29, 0.717) is 60.6 Å². The van der Waals surface area contributed by atoms with Crippen molar-refractivity contribution in [2.75, 3.05) is 88.4 Å². The molecule has 0 saturated carbocycles. The summed E-state index contributed by atoms with van der Waals surface area (Å²) in [5.41, 5.74) is 4.20. The summed E-state index contributed by atoms with van der Waals surface area (Å²) in [4.78, 5) is 23.9. The Bertz CT molecular complexity index is 2140. The number of hydrogen-bond acceptors (Lipinski definition) is 17. The molecule has 0 spiro atoms. The van der Waals surface area contributed by atoms with Gasteiger partial charge in [0.25, 0.3) is 0 Å². The number of hydrogen-bond donors (Lipinski definition) is 5. The van der Waals surface area contributed by atoms with Crippen molar-refractivity contribution in [2.45, 2.75) is 26.7 Å². The summed E-state index contributed by atoms with van der Waals surface area (Å²) in [6.45, 7) is 8.80. The van der Waals surface area contributed by atoms with E-state index in [1.54, 1.807) is 52.4 Å². The van der Waals surface area contributed by atoms with Gasteiger partial charge in [-0.1, -0.05) is 52.2 Å². The lowest BCUT2D eigenvalue weighted by Gasteiger charge is -2.11. The fourth-order valence-corrected chi connectivity index (χ4v) is 6.28. The fourth-order valence-electron chi connectivity index (χ4n) is 4.20. The van der Waals surface area contributed by atoms with Crippen LogP contribution in [-0.2, 0) is 61.2 Å². The first-order chi connectivity index (χ1) is 29.4. The zero-order valence-electron chi connectivity index (χ0n) is 36.5. The molecule has 3 rings (SSSR count). The second kappa shape index (κ2) is 29.4. The van der Waals surface area contributed by atoms with Crippen molar-refractivity contribution < 1.29 is 52.3 Å². The lowest BCUT2D eigenvalue weighted by atomic mass is 10.2. The molecule has 0 unspecified atom stereocenters. The molecule has 2 amide bonds. The minimum atomic E-state index is -3.66. The van der Waals surface area contributed by atoms with Crippen molar-refractivity contribution in [3.63, 3.8) is 0 Å². The van der Waals surface area contributed by atoms with Crippen LogP contribution in [-0.4, -0.2) is 111 Å². The Morgan fingerprint density at radius 3 is 1.61 bits per heavy atom. The lowest BCUT2D eigenvalue weighted by molar-refractivity contribution is -0.657. The number of aromatic nitrogens is 2. The predicted octanol–water partition coefficient (Wildman–Crippen LogP) is 5.36. The molecule has 1 heterocycles. The molecule has 3 aromatic rings. The Labute approximate surface area is 372 Å². The molecule has 62 heavy (non-hydrogen) atoms. The molecule has 2 aromatic carbocycles. The van der Waals surface area contributed by atoms with Crippen molar-refractivity contribution in [2.24, 2.45) is 34.6 Å². The van der Waals surface area contributed by atoms with Crippen LogP contribution in [0.25, 0.3) is 0 Å². The number of azo groups is 2. The lowest BCUT2D eigenvalue weighted by Crippen LogP contribution is -2.25. The van der Waals surface area contributed by atoms with E-state index in [0.717, 1.165) is 51.3 Å². The summed E-state index contributed by atoms with van der Waals surface area (Å²) in [5, 5.41) is 33.4. The largest absolute Gasteiger partial charge is 0.421 e. The van der Waals surface area contributed by atoms with Crippen LogP contribution in [0, 0.1) is 0 Å². The van der Waals surface area contributed by atoms with Crippen molar-refractivity contribution in [3.8, 4) is 0 Å². The zero-order chi connectivity index (χ0) is 46.7. The summed E-state index contributed by atoms with van der Waals surface area (Å²) >= 11 is 0. The highest BCUT2D eigenvalue weighted by Gasteiger charge is 2.14.